The summed E-state index contributed by atoms with van der Waals surface area (Å²) in [5.41, 5.74) is 0. The molecule has 0 saturated heterocycles. The van der Waals surface area contributed by atoms with Crippen molar-refractivity contribution in [3.63, 3.8) is 0 Å². The molecule has 0 aliphatic rings. The van der Waals surface area contributed by atoms with Gasteiger partial charge in [-0.3, -0.25) is 0 Å². The highest BCUT2D eigenvalue weighted by molar-refractivity contribution is 6.67. The third-order valence-corrected chi connectivity index (χ3v) is 12.2. The van der Waals surface area contributed by atoms with Crippen LogP contribution in [-0.4, -0.2) is 56.6 Å². The van der Waals surface area contributed by atoms with Gasteiger partial charge < -0.3 is 23.0 Å². The molecule has 1 N–H and O–H groups in total. The van der Waals surface area contributed by atoms with Gasteiger partial charge in [-0.05, 0) is 77.8 Å². The Kier molecular flexibility index (Phi) is 15.5. The minimum absolute atomic E-state index is 0.756. The Morgan fingerprint density at radius 3 is 1.12 bits per heavy atom. The zero-order valence-electron chi connectivity index (χ0n) is 17.6. The maximum atomic E-state index is 6.02. The molecule has 0 radical (unpaired) electrons. The smallest absolute Gasteiger partial charge is 0.337 e. The molecule has 0 aliphatic carbocycles. The molecule has 0 aromatic rings. The van der Waals surface area contributed by atoms with Gasteiger partial charge in [-0.1, -0.05) is 13.8 Å². The molecule has 0 aromatic heterocycles. The predicted octanol–water partition coefficient (Wildman–Crippen LogP) is 4.43. The van der Waals surface area contributed by atoms with Gasteiger partial charge in [-0.15, -0.1) is 0 Å². The molecule has 25 heavy (non-hydrogen) atoms. The maximum Gasteiger partial charge on any atom is 0.337 e. The minimum Gasteiger partial charge on any atom is -0.394 e. The lowest BCUT2D eigenvalue weighted by Gasteiger charge is -2.29. The van der Waals surface area contributed by atoms with Gasteiger partial charge in [0.2, 0.25) is 0 Å². The Morgan fingerprint density at radius 1 is 0.560 bits per heavy atom. The fourth-order valence-corrected chi connectivity index (χ4v) is 9.08. The van der Waals surface area contributed by atoms with Gasteiger partial charge in [0.1, 0.15) is 0 Å². The molecule has 0 spiro atoms. The average molecular weight is 394 g/mol. The summed E-state index contributed by atoms with van der Waals surface area (Å²) >= 11 is 0. The zero-order chi connectivity index (χ0) is 19.0. The molecular formula is C18H43NO4Si2. The van der Waals surface area contributed by atoms with Crippen molar-refractivity contribution in [3.8, 4) is 0 Å². The summed E-state index contributed by atoms with van der Waals surface area (Å²) in [6, 6.07) is 4.21. The van der Waals surface area contributed by atoms with Crippen LogP contribution in [0.25, 0.3) is 0 Å². The quantitative estimate of drug-likeness (QED) is 0.276. The van der Waals surface area contributed by atoms with E-state index in [-0.39, 0.29) is 0 Å². The molecule has 0 aromatic carbocycles. The summed E-state index contributed by atoms with van der Waals surface area (Å²) in [6.07, 6.45) is 2.24. The summed E-state index contributed by atoms with van der Waals surface area (Å²) in [4.78, 5) is 0. The topological polar surface area (TPSA) is 49.0 Å². The van der Waals surface area contributed by atoms with Crippen molar-refractivity contribution < 1.29 is 17.7 Å². The molecule has 0 heterocycles. The highest BCUT2D eigenvalue weighted by atomic mass is 28.4. The summed E-state index contributed by atoms with van der Waals surface area (Å²) in [6.45, 7) is 17.7. The first-order valence-corrected chi connectivity index (χ1v) is 14.8. The van der Waals surface area contributed by atoms with Crippen molar-refractivity contribution in [2.75, 3.05) is 39.5 Å². The molecule has 0 fully saturated rings. The van der Waals surface area contributed by atoms with Gasteiger partial charge in [-0.2, -0.15) is 0 Å². The van der Waals surface area contributed by atoms with Crippen LogP contribution in [0.4, 0.5) is 0 Å². The summed E-state index contributed by atoms with van der Waals surface area (Å²) in [5, 5.41) is 3.57. The summed E-state index contributed by atoms with van der Waals surface area (Å²) < 4.78 is 24.1. The Bertz CT molecular complexity index is 269. The van der Waals surface area contributed by atoms with Crippen LogP contribution in [0, 0.1) is 0 Å². The Morgan fingerprint density at radius 2 is 0.880 bits per heavy atom. The van der Waals surface area contributed by atoms with E-state index in [1.165, 1.54) is 0 Å². The van der Waals surface area contributed by atoms with E-state index in [2.05, 4.69) is 46.9 Å². The number of hydrogen-bond acceptors (Lipinski definition) is 5. The Balaban J connectivity index is 4.07. The lowest BCUT2D eigenvalue weighted by atomic mass is 10.4. The minimum atomic E-state index is -1.97. The zero-order valence-corrected chi connectivity index (χ0v) is 19.6. The highest BCUT2D eigenvalue weighted by Gasteiger charge is 2.35. The van der Waals surface area contributed by atoms with Gasteiger partial charge in [0.05, 0.1) is 0 Å². The molecule has 0 saturated carbocycles. The van der Waals surface area contributed by atoms with Crippen molar-refractivity contribution >= 4 is 17.1 Å². The lowest BCUT2D eigenvalue weighted by molar-refractivity contribution is 0.182. The SMILES string of the molecule is CCO[Si](CC)(CCCNCCC[Si](CC)(OCC)OCC)OCC. The molecule has 0 unspecified atom stereocenters. The van der Waals surface area contributed by atoms with Gasteiger partial charge in [-0.25, -0.2) is 0 Å². The van der Waals surface area contributed by atoms with E-state index in [9.17, 15) is 0 Å². The van der Waals surface area contributed by atoms with E-state index in [4.69, 9.17) is 17.7 Å². The van der Waals surface area contributed by atoms with Crippen LogP contribution in [0.1, 0.15) is 54.4 Å². The number of hydrogen-bond donors (Lipinski definition) is 1. The second kappa shape index (κ2) is 15.3. The molecular weight excluding hydrogens is 350 g/mol. The van der Waals surface area contributed by atoms with E-state index in [0.29, 0.717) is 0 Å². The van der Waals surface area contributed by atoms with E-state index >= 15 is 0 Å². The van der Waals surface area contributed by atoms with E-state index in [1.54, 1.807) is 0 Å². The first-order valence-electron chi connectivity index (χ1n) is 10.3. The van der Waals surface area contributed by atoms with Gasteiger partial charge in [0.15, 0.2) is 0 Å². The van der Waals surface area contributed by atoms with Crippen molar-refractivity contribution in [3.05, 3.63) is 0 Å². The highest BCUT2D eigenvalue weighted by Crippen LogP contribution is 2.22. The predicted molar refractivity (Wildman–Crippen MR) is 111 cm³/mol. The second-order valence-electron chi connectivity index (χ2n) is 6.22. The third kappa shape index (κ3) is 10.2. The summed E-state index contributed by atoms with van der Waals surface area (Å²) in [7, 11) is -3.94. The number of rotatable bonds is 18. The van der Waals surface area contributed by atoms with Crippen molar-refractivity contribution in [1.82, 2.24) is 5.32 Å². The number of nitrogens with one attached hydrogen (secondary N) is 1. The van der Waals surface area contributed by atoms with Crippen LogP contribution < -0.4 is 5.32 Å². The fraction of sp³-hybridized carbons (Fsp3) is 1.00. The fourth-order valence-electron chi connectivity index (χ4n) is 3.28. The molecule has 0 bridgehead atoms. The standard InChI is InChI=1S/C18H43NO4Si2/c1-7-20-24(11-5,21-8-2)17-13-15-19-16-14-18-25(12-6,22-9-3)23-10-4/h19H,7-18H2,1-6H3. The van der Waals surface area contributed by atoms with Crippen LogP contribution in [0.3, 0.4) is 0 Å². The first kappa shape index (κ1) is 25.2. The van der Waals surface area contributed by atoms with Crippen LogP contribution in [0.15, 0.2) is 0 Å². The largest absolute Gasteiger partial charge is 0.394 e. The van der Waals surface area contributed by atoms with Crippen molar-refractivity contribution in [2.45, 2.75) is 78.6 Å². The molecule has 5 nitrogen and oxygen atoms in total. The normalized spacial score (nSPS) is 12.7. The van der Waals surface area contributed by atoms with Gasteiger partial charge >= 0.3 is 17.1 Å². The Labute approximate surface area is 158 Å². The van der Waals surface area contributed by atoms with Crippen LogP contribution in [-0.2, 0) is 17.7 Å². The van der Waals surface area contributed by atoms with E-state index in [1.807, 2.05) is 0 Å². The van der Waals surface area contributed by atoms with Crippen LogP contribution in [0.2, 0.25) is 24.2 Å². The van der Waals surface area contributed by atoms with Crippen LogP contribution >= 0.6 is 0 Å². The second-order valence-corrected chi connectivity index (χ2v) is 13.4. The Hall–Kier alpha value is 0.234. The van der Waals surface area contributed by atoms with Gasteiger partial charge in [0, 0.05) is 26.4 Å². The molecule has 0 amide bonds. The van der Waals surface area contributed by atoms with E-state index < -0.39 is 17.1 Å². The molecule has 0 aliphatic heterocycles. The maximum absolute atomic E-state index is 6.02. The third-order valence-electron chi connectivity index (χ3n) is 4.53. The first-order chi connectivity index (χ1) is 12.1. The molecule has 7 heteroatoms. The van der Waals surface area contributed by atoms with Crippen molar-refractivity contribution in [2.24, 2.45) is 0 Å². The molecule has 0 rings (SSSR count). The van der Waals surface area contributed by atoms with Crippen LogP contribution in [0.5, 0.6) is 0 Å². The van der Waals surface area contributed by atoms with E-state index in [0.717, 1.165) is 76.5 Å². The monoisotopic (exact) mass is 393 g/mol. The average Bonchev–Trinajstić information content (AvgIpc) is 2.61. The lowest BCUT2D eigenvalue weighted by Crippen LogP contribution is -2.42. The molecule has 0 atom stereocenters. The summed E-state index contributed by atoms with van der Waals surface area (Å²) in [5.74, 6) is 0. The van der Waals surface area contributed by atoms with Crippen molar-refractivity contribution in [1.29, 1.82) is 0 Å². The molecule has 152 valence electrons. The van der Waals surface area contributed by atoms with Gasteiger partial charge in [0.25, 0.3) is 0 Å².